The van der Waals surface area contributed by atoms with E-state index in [9.17, 15) is 19.2 Å². The monoisotopic (exact) mass is 652 g/mol. The van der Waals surface area contributed by atoms with Gasteiger partial charge in [0.25, 0.3) is 0 Å². The number of hydrogen-bond donors (Lipinski definition) is 2. The van der Waals surface area contributed by atoms with Gasteiger partial charge in [0.2, 0.25) is 17.7 Å². The number of para-hydroxylation sites is 1. The second kappa shape index (κ2) is 17.3. The number of nitrogens with two attached hydrogens (primary N) is 1. The third kappa shape index (κ3) is 13.4. The molecule has 10 heteroatoms. The zero-order chi connectivity index (χ0) is 35.5. The third-order valence-corrected chi connectivity index (χ3v) is 7.27. The van der Waals surface area contributed by atoms with Crippen molar-refractivity contribution in [2.75, 3.05) is 18.5 Å². The van der Waals surface area contributed by atoms with Crippen LogP contribution in [0.1, 0.15) is 92.7 Å². The van der Waals surface area contributed by atoms with E-state index in [1.165, 1.54) is 11.8 Å². The molecule has 0 aromatic heterocycles. The Kier molecular flexibility index (Phi) is 14.4. The minimum Gasteiger partial charge on any atom is -0.488 e. The highest BCUT2D eigenvalue weighted by molar-refractivity contribution is 6.04. The Morgan fingerprint density at radius 1 is 0.872 bits per heavy atom. The Labute approximate surface area is 281 Å². The molecular formula is C37H56N4O6. The molecule has 2 aromatic rings. The first kappa shape index (κ1) is 39.3. The Morgan fingerprint density at radius 2 is 1.49 bits per heavy atom. The lowest BCUT2D eigenvalue weighted by Gasteiger charge is -2.33. The molecule has 2 atom stereocenters. The van der Waals surface area contributed by atoms with Gasteiger partial charge in [-0.3, -0.25) is 14.4 Å². The van der Waals surface area contributed by atoms with E-state index >= 15 is 0 Å². The van der Waals surface area contributed by atoms with Crippen molar-refractivity contribution in [3.8, 4) is 5.75 Å². The van der Waals surface area contributed by atoms with Crippen LogP contribution in [0.25, 0.3) is 0 Å². The van der Waals surface area contributed by atoms with Crippen molar-refractivity contribution in [2.45, 2.75) is 118 Å². The van der Waals surface area contributed by atoms with Crippen molar-refractivity contribution < 1.29 is 28.7 Å². The van der Waals surface area contributed by atoms with E-state index < -0.39 is 35.6 Å². The van der Waals surface area contributed by atoms with Crippen molar-refractivity contribution in [3.05, 3.63) is 59.7 Å². The molecular weight excluding hydrogens is 596 g/mol. The summed E-state index contributed by atoms with van der Waals surface area (Å²) < 4.78 is 11.4. The maximum absolute atomic E-state index is 13.9. The van der Waals surface area contributed by atoms with Crippen molar-refractivity contribution in [3.63, 3.8) is 0 Å². The van der Waals surface area contributed by atoms with Gasteiger partial charge in [-0.25, -0.2) is 9.69 Å². The van der Waals surface area contributed by atoms with E-state index in [1.807, 2.05) is 51.1 Å². The number of ether oxygens (including phenoxy) is 2. The molecule has 0 bridgehead atoms. The van der Waals surface area contributed by atoms with Gasteiger partial charge in [-0.2, -0.15) is 0 Å². The van der Waals surface area contributed by atoms with Crippen molar-refractivity contribution in [2.24, 2.45) is 11.7 Å². The Bertz CT molecular complexity index is 1340. The molecule has 0 saturated heterocycles. The number of likely N-dealkylation sites (N-methyl/N-ethyl adjacent to an activating group) is 1. The summed E-state index contributed by atoms with van der Waals surface area (Å²) in [5.74, 6) is -0.0115. The first-order valence-corrected chi connectivity index (χ1v) is 16.5. The maximum Gasteiger partial charge on any atom is 0.417 e. The zero-order valence-corrected chi connectivity index (χ0v) is 30.0. The van der Waals surface area contributed by atoms with Gasteiger partial charge >= 0.3 is 6.09 Å². The van der Waals surface area contributed by atoms with Crippen LogP contribution in [-0.2, 0) is 32.0 Å². The second-order valence-corrected chi connectivity index (χ2v) is 14.4. The van der Waals surface area contributed by atoms with Gasteiger partial charge < -0.3 is 25.4 Å². The quantitative estimate of drug-likeness (QED) is 0.255. The summed E-state index contributed by atoms with van der Waals surface area (Å²) >= 11 is 0. The predicted molar refractivity (Wildman–Crippen MR) is 186 cm³/mol. The van der Waals surface area contributed by atoms with Gasteiger partial charge in [0, 0.05) is 25.7 Å². The number of aryl methyl sites for hydroxylation is 1. The molecule has 10 nitrogen and oxygen atoms in total. The Morgan fingerprint density at radius 3 is 2.06 bits per heavy atom. The van der Waals surface area contributed by atoms with Crippen LogP contribution in [0.15, 0.2) is 48.5 Å². The molecule has 0 heterocycles. The van der Waals surface area contributed by atoms with E-state index in [0.29, 0.717) is 43.2 Å². The average molecular weight is 653 g/mol. The number of nitrogens with zero attached hydrogens (tertiary/aromatic N) is 2. The number of rotatable bonds is 14. The number of amides is 4. The minimum absolute atomic E-state index is 0.00165. The fraction of sp³-hybridized carbons (Fsp3) is 0.568. The largest absolute Gasteiger partial charge is 0.488 e. The van der Waals surface area contributed by atoms with E-state index in [4.69, 9.17) is 15.2 Å². The maximum atomic E-state index is 13.9. The van der Waals surface area contributed by atoms with Gasteiger partial charge in [0.1, 0.15) is 23.0 Å². The highest BCUT2D eigenvalue weighted by Gasteiger charge is 2.38. The second-order valence-electron chi connectivity index (χ2n) is 14.4. The molecule has 2 rings (SSSR count). The standard InChI is InChI=1S/C37H56N4O6/c1-25(2)22-23-39-32(42)17-13-15-28-14-11-12-16-31(28)40(10)33(43)26(3)41(35(45)47-37(7,8)9)34(44)30(38)24-27-18-20-29(21-19-27)46-36(4,5)6/h11-12,14,16,18-21,25-26,30H,13,15,17,22-24,38H2,1-10H3,(H,39,42)/t26-,30+/m1/s1. The van der Waals surface area contributed by atoms with Crippen molar-refractivity contribution in [1.82, 2.24) is 10.2 Å². The lowest BCUT2D eigenvalue weighted by molar-refractivity contribution is -0.138. The van der Waals surface area contributed by atoms with Crippen LogP contribution in [0.2, 0.25) is 0 Å². The SMILES string of the molecule is CC(C)CCNC(=O)CCCc1ccccc1N(C)C(=O)[C@@H](C)N(C(=O)OC(C)(C)C)C(=O)[C@@H](N)Cc1ccc(OC(C)(C)C)cc1. The summed E-state index contributed by atoms with van der Waals surface area (Å²) in [7, 11) is 1.61. The molecule has 47 heavy (non-hydrogen) atoms. The third-order valence-electron chi connectivity index (χ3n) is 7.27. The molecule has 4 amide bonds. The minimum atomic E-state index is -1.21. The highest BCUT2D eigenvalue weighted by atomic mass is 16.6. The molecule has 0 aliphatic carbocycles. The Balaban J connectivity index is 2.22. The summed E-state index contributed by atoms with van der Waals surface area (Å²) in [5, 5.41) is 2.95. The molecule has 0 saturated carbocycles. The lowest BCUT2D eigenvalue weighted by Crippen LogP contribution is -2.57. The van der Waals surface area contributed by atoms with Crippen LogP contribution in [0, 0.1) is 5.92 Å². The first-order valence-electron chi connectivity index (χ1n) is 16.5. The van der Waals surface area contributed by atoms with Gasteiger partial charge in [0.15, 0.2) is 0 Å². The topological polar surface area (TPSA) is 131 Å². The zero-order valence-electron chi connectivity index (χ0n) is 30.0. The molecule has 2 aromatic carbocycles. The number of imide groups is 1. The smallest absolute Gasteiger partial charge is 0.417 e. The predicted octanol–water partition coefficient (Wildman–Crippen LogP) is 6.03. The Hall–Kier alpha value is -3.92. The highest BCUT2D eigenvalue weighted by Crippen LogP contribution is 2.24. The number of hydrogen-bond acceptors (Lipinski definition) is 7. The summed E-state index contributed by atoms with van der Waals surface area (Å²) in [4.78, 5) is 55.7. The molecule has 0 aliphatic heterocycles. The fourth-order valence-corrected chi connectivity index (χ4v) is 4.90. The van der Waals surface area contributed by atoms with E-state index in [-0.39, 0.29) is 17.9 Å². The number of anilines is 1. The number of carbonyl (C=O) groups is 4. The van der Waals surface area contributed by atoms with Gasteiger partial charge in [-0.15, -0.1) is 0 Å². The molecule has 260 valence electrons. The lowest BCUT2D eigenvalue weighted by atomic mass is 10.0. The van der Waals surface area contributed by atoms with Crippen LogP contribution in [0.4, 0.5) is 10.5 Å². The number of carbonyl (C=O) groups excluding carboxylic acids is 4. The van der Waals surface area contributed by atoms with Gasteiger partial charge in [-0.05, 0) is 109 Å². The van der Waals surface area contributed by atoms with E-state index in [2.05, 4.69) is 19.2 Å². The molecule has 0 fully saturated rings. The molecule has 0 spiro atoms. The molecule has 0 aliphatic rings. The summed E-state index contributed by atoms with van der Waals surface area (Å²) in [6.07, 6.45) is 1.65. The van der Waals surface area contributed by atoms with Crippen LogP contribution in [0.3, 0.4) is 0 Å². The van der Waals surface area contributed by atoms with Gasteiger partial charge in [-0.1, -0.05) is 44.2 Å². The summed E-state index contributed by atoms with van der Waals surface area (Å²) in [5.41, 5.74) is 7.38. The summed E-state index contributed by atoms with van der Waals surface area (Å²) in [6.45, 7) is 17.3. The van der Waals surface area contributed by atoms with Crippen LogP contribution >= 0.6 is 0 Å². The fourth-order valence-electron chi connectivity index (χ4n) is 4.90. The van der Waals surface area contributed by atoms with Crippen LogP contribution in [-0.4, -0.2) is 65.6 Å². The van der Waals surface area contributed by atoms with Crippen LogP contribution < -0.4 is 20.7 Å². The first-order chi connectivity index (χ1) is 21.8. The van der Waals surface area contributed by atoms with Crippen molar-refractivity contribution >= 4 is 29.5 Å². The average Bonchev–Trinajstić information content (AvgIpc) is 2.95. The normalized spacial score (nSPS) is 13.0. The van der Waals surface area contributed by atoms with Crippen molar-refractivity contribution in [1.29, 1.82) is 0 Å². The molecule has 3 N–H and O–H groups in total. The van der Waals surface area contributed by atoms with E-state index in [1.54, 1.807) is 46.0 Å². The summed E-state index contributed by atoms with van der Waals surface area (Å²) in [6, 6.07) is 12.3. The number of nitrogens with one attached hydrogen (secondary N) is 1. The van der Waals surface area contributed by atoms with Gasteiger partial charge in [0.05, 0.1) is 6.04 Å². The van der Waals surface area contributed by atoms with E-state index in [0.717, 1.165) is 22.4 Å². The molecule has 0 radical (unpaired) electrons. The van der Waals surface area contributed by atoms with Crippen LogP contribution in [0.5, 0.6) is 5.75 Å². The number of benzene rings is 2. The molecule has 0 unspecified atom stereocenters.